The predicted molar refractivity (Wildman–Crippen MR) is 91.4 cm³/mol. The topological polar surface area (TPSA) is 18.5 Å². The quantitative estimate of drug-likeness (QED) is 0.894. The van der Waals surface area contributed by atoms with E-state index < -0.39 is 0 Å². The second-order valence-corrected chi connectivity index (χ2v) is 6.67. The molecule has 0 aliphatic carbocycles. The van der Waals surface area contributed by atoms with Crippen LogP contribution in [-0.2, 0) is 0 Å². The van der Waals surface area contributed by atoms with Gasteiger partial charge in [0.05, 0.1) is 10.0 Å². The highest BCUT2D eigenvalue weighted by atomic mass is 35.5. The zero-order valence-corrected chi connectivity index (χ0v) is 14.6. The molecule has 118 valence electrons. The van der Waals surface area contributed by atoms with Crippen molar-refractivity contribution >= 4 is 23.2 Å². The number of hydrogen-bond acceptors (Lipinski definition) is 3. The molecule has 1 saturated heterocycles. The summed E-state index contributed by atoms with van der Waals surface area (Å²) in [4.78, 5) is 4.84. The lowest BCUT2D eigenvalue weighted by atomic mass is 9.97. The smallest absolute Gasteiger partial charge is 0.0640 e. The van der Waals surface area contributed by atoms with Crippen molar-refractivity contribution in [2.75, 3.05) is 40.3 Å². The van der Waals surface area contributed by atoms with Gasteiger partial charge in [-0.2, -0.15) is 0 Å². The van der Waals surface area contributed by atoms with E-state index in [1.165, 1.54) is 0 Å². The fourth-order valence-corrected chi connectivity index (χ4v) is 3.42. The lowest BCUT2D eigenvalue weighted by Crippen LogP contribution is -2.51. The van der Waals surface area contributed by atoms with Crippen LogP contribution < -0.4 is 5.32 Å². The van der Waals surface area contributed by atoms with Crippen molar-refractivity contribution in [2.24, 2.45) is 0 Å². The first-order valence-electron chi connectivity index (χ1n) is 7.59. The minimum absolute atomic E-state index is 0.236. The third-order valence-corrected chi connectivity index (χ3v) is 5.13. The van der Waals surface area contributed by atoms with Crippen molar-refractivity contribution in [2.45, 2.75) is 25.4 Å². The summed E-state index contributed by atoms with van der Waals surface area (Å²) >= 11 is 12.6. The molecule has 0 amide bonds. The number of hydrogen-bond donors (Lipinski definition) is 1. The Bertz CT molecular complexity index is 467. The fourth-order valence-electron chi connectivity index (χ4n) is 2.98. The van der Waals surface area contributed by atoms with E-state index in [1.807, 2.05) is 12.1 Å². The molecule has 1 aliphatic rings. The molecule has 1 aliphatic heterocycles. The second-order valence-electron chi connectivity index (χ2n) is 5.89. The van der Waals surface area contributed by atoms with Gasteiger partial charge in [0.2, 0.25) is 0 Å². The van der Waals surface area contributed by atoms with Gasteiger partial charge in [-0.3, -0.25) is 0 Å². The Balaban J connectivity index is 2.16. The summed E-state index contributed by atoms with van der Waals surface area (Å²) in [6, 6.07) is 6.67. The van der Waals surface area contributed by atoms with E-state index in [1.54, 1.807) is 0 Å². The Labute approximate surface area is 138 Å². The van der Waals surface area contributed by atoms with Gasteiger partial charge in [0.25, 0.3) is 0 Å². The fraction of sp³-hybridized carbons (Fsp3) is 0.625. The minimum Gasteiger partial charge on any atom is -0.310 e. The van der Waals surface area contributed by atoms with Crippen LogP contribution in [0.15, 0.2) is 18.2 Å². The Kier molecular flexibility index (Phi) is 6.33. The van der Waals surface area contributed by atoms with Crippen LogP contribution >= 0.6 is 23.2 Å². The van der Waals surface area contributed by atoms with Crippen molar-refractivity contribution in [3.05, 3.63) is 33.8 Å². The number of nitrogens with one attached hydrogen (secondary N) is 1. The van der Waals surface area contributed by atoms with Crippen LogP contribution in [-0.4, -0.2) is 56.1 Å². The SMILES string of the molecule is CCNC(CC1CN(C)CCN1C)c1cccc(Cl)c1Cl. The van der Waals surface area contributed by atoms with Crippen molar-refractivity contribution in [3.8, 4) is 0 Å². The number of halogens is 2. The van der Waals surface area contributed by atoms with E-state index in [0.29, 0.717) is 16.1 Å². The molecule has 1 N–H and O–H groups in total. The third-order valence-electron chi connectivity index (χ3n) is 4.30. The summed E-state index contributed by atoms with van der Waals surface area (Å²) in [5.41, 5.74) is 1.10. The van der Waals surface area contributed by atoms with E-state index in [2.05, 4.69) is 42.2 Å². The molecule has 3 nitrogen and oxygen atoms in total. The molecule has 2 rings (SSSR count). The average Bonchev–Trinajstić information content (AvgIpc) is 2.45. The molecule has 0 bridgehead atoms. The van der Waals surface area contributed by atoms with Crippen molar-refractivity contribution in [1.29, 1.82) is 0 Å². The lowest BCUT2D eigenvalue weighted by molar-refractivity contribution is 0.101. The highest BCUT2D eigenvalue weighted by Crippen LogP contribution is 2.32. The van der Waals surface area contributed by atoms with Gasteiger partial charge in [-0.25, -0.2) is 0 Å². The molecule has 1 fully saturated rings. The maximum atomic E-state index is 6.41. The van der Waals surface area contributed by atoms with E-state index in [0.717, 1.165) is 38.2 Å². The summed E-state index contributed by atoms with van der Waals surface area (Å²) < 4.78 is 0. The molecular formula is C16H25Cl2N3. The maximum absolute atomic E-state index is 6.41. The largest absolute Gasteiger partial charge is 0.310 e. The van der Waals surface area contributed by atoms with Crippen molar-refractivity contribution < 1.29 is 0 Å². The second kappa shape index (κ2) is 7.80. The van der Waals surface area contributed by atoms with Crippen molar-refractivity contribution in [1.82, 2.24) is 15.1 Å². The monoisotopic (exact) mass is 329 g/mol. The number of nitrogens with zero attached hydrogens (tertiary/aromatic N) is 2. The molecule has 0 spiro atoms. The van der Waals surface area contributed by atoms with E-state index >= 15 is 0 Å². The van der Waals surface area contributed by atoms with Crippen LogP contribution in [0.1, 0.15) is 24.9 Å². The molecule has 1 aromatic rings. The van der Waals surface area contributed by atoms with Gasteiger partial charge in [-0.15, -0.1) is 0 Å². The Morgan fingerprint density at radius 1 is 1.29 bits per heavy atom. The predicted octanol–water partition coefficient (Wildman–Crippen LogP) is 3.28. The zero-order valence-electron chi connectivity index (χ0n) is 13.1. The summed E-state index contributed by atoms with van der Waals surface area (Å²) in [6.45, 7) is 6.39. The highest BCUT2D eigenvalue weighted by molar-refractivity contribution is 6.42. The molecule has 0 saturated carbocycles. The summed E-state index contributed by atoms with van der Waals surface area (Å²) in [6.07, 6.45) is 1.04. The summed E-state index contributed by atoms with van der Waals surface area (Å²) in [7, 11) is 4.40. The number of piperazine rings is 1. The van der Waals surface area contributed by atoms with E-state index in [-0.39, 0.29) is 6.04 Å². The zero-order chi connectivity index (χ0) is 15.4. The van der Waals surface area contributed by atoms with Crippen molar-refractivity contribution in [3.63, 3.8) is 0 Å². The molecule has 21 heavy (non-hydrogen) atoms. The average molecular weight is 330 g/mol. The molecule has 5 heteroatoms. The van der Waals surface area contributed by atoms with Gasteiger partial charge >= 0.3 is 0 Å². The van der Waals surface area contributed by atoms with Crippen LogP contribution in [0.5, 0.6) is 0 Å². The van der Waals surface area contributed by atoms with Gasteiger partial charge in [-0.1, -0.05) is 42.3 Å². The first kappa shape index (κ1) is 17.0. The van der Waals surface area contributed by atoms with Gasteiger partial charge in [0.1, 0.15) is 0 Å². The Morgan fingerprint density at radius 2 is 2.05 bits per heavy atom. The summed E-state index contributed by atoms with van der Waals surface area (Å²) in [5, 5.41) is 4.87. The molecule has 0 aromatic heterocycles. The third kappa shape index (κ3) is 4.33. The molecular weight excluding hydrogens is 305 g/mol. The first-order valence-corrected chi connectivity index (χ1v) is 8.34. The standard InChI is InChI=1S/C16H25Cl2N3/c1-4-19-15(13-6-5-7-14(17)16(13)18)10-12-11-20(2)8-9-21(12)3/h5-7,12,15,19H,4,8-11H2,1-3H3. The van der Waals surface area contributed by atoms with Crippen LogP contribution in [0.4, 0.5) is 0 Å². The van der Waals surface area contributed by atoms with Crippen LogP contribution in [0.25, 0.3) is 0 Å². The van der Waals surface area contributed by atoms with Gasteiger partial charge in [0, 0.05) is 31.7 Å². The number of likely N-dealkylation sites (N-methyl/N-ethyl adjacent to an activating group) is 2. The van der Waals surface area contributed by atoms with Gasteiger partial charge < -0.3 is 15.1 Å². The number of rotatable bonds is 5. The molecule has 2 unspecified atom stereocenters. The Morgan fingerprint density at radius 3 is 2.76 bits per heavy atom. The highest BCUT2D eigenvalue weighted by Gasteiger charge is 2.26. The molecule has 2 atom stereocenters. The normalized spacial score (nSPS) is 22.4. The molecule has 0 radical (unpaired) electrons. The van der Waals surface area contributed by atoms with Gasteiger partial charge in [-0.05, 0) is 38.7 Å². The van der Waals surface area contributed by atoms with Gasteiger partial charge in [0.15, 0.2) is 0 Å². The Hall–Kier alpha value is -0.320. The molecule has 1 heterocycles. The van der Waals surface area contributed by atoms with Crippen LogP contribution in [0, 0.1) is 0 Å². The minimum atomic E-state index is 0.236. The van der Waals surface area contributed by atoms with Crippen LogP contribution in [0.2, 0.25) is 10.0 Å². The number of benzene rings is 1. The van der Waals surface area contributed by atoms with E-state index in [9.17, 15) is 0 Å². The first-order chi connectivity index (χ1) is 10.0. The lowest BCUT2D eigenvalue weighted by Gasteiger charge is -2.39. The van der Waals surface area contributed by atoms with E-state index in [4.69, 9.17) is 23.2 Å². The maximum Gasteiger partial charge on any atom is 0.0640 e. The molecule has 1 aromatic carbocycles. The summed E-state index contributed by atoms with van der Waals surface area (Å²) in [5.74, 6) is 0. The van der Waals surface area contributed by atoms with Crippen LogP contribution in [0.3, 0.4) is 0 Å².